The van der Waals surface area contributed by atoms with Crippen LogP contribution in [0.2, 0.25) is 0 Å². The molecule has 0 spiro atoms. The predicted octanol–water partition coefficient (Wildman–Crippen LogP) is 3.00. The molecule has 1 N–H and O–H groups in total. The van der Waals surface area contributed by atoms with Gasteiger partial charge in [0.15, 0.2) is 0 Å². The minimum absolute atomic E-state index is 0.0237. The zero-order chi connectivity index (χ0) is 13.8. The lowest BCUT2D eigenvalue weighted by molar-refractivity contribution is -0.137. The molecular weight excluding hydrogens is 313 g/mol. The third-order valence-electron chi connectivity index (χ3n) is 2.24. The van der Waals surface area contributed by atoms with Crippen LogP contribution in [0.25, 0.3) is 0 Å². The van der Waals surface area contributed by atoms with Crippen molar-refractivity contribution in [2.45, 2.75) is 25.6 Å². The molecule has 1 heterocycles. The van der Waals surface area contributed by atoms with Crippen molar-refractivity contribution in [3.05, 3.63) is 29.6 Å². The lowest BCUT2D eigenvalue weighted by Crippen LogP contribution is -2.33. The number of aromatic nitrogens is 1. The summed E-state index contributed by atoms with van der Waals surface area (Å²) in [5.41, 5.74) is -0.892. The second-order valence-electron chi connectivity index (χ2n) is 3.78. The van der Waals surface area contributed by atoms with Gasteiger partial charge in [-0.1, -0.05) is 15.9 Å². The number of hydrogen-bond donors (Lipinski definition) is 1. The number of rotatable bonds is 4. The normalized spacial score (nSPS) is 13.2. The average Bonchev–Trinajstić information content (AvgIpc) is 2.28. The van der Waals surface area contributed by atoms with E-state index in [4.69, 9.17) is 0 Å². The van der Waals surface area contributed by atoms with Crippen molar-refractivity contribution in [2.24, 2.45) is 0 Å². The molecule has 0 aliphatic carbocycles. The summed E-state index contributed by atoms with van der Waals surface area (Å²) >= 11 is 3.24. The summed E-state index contributed by atoms with van der Waals surface area (Å²) < 4.78 is 36.9. The van der Waals surface area contributed by atoms with Gasteiger partial charge in [-0.3, -0.25) is 9.78 Å². The van der Waals surface area contributed by atoms with Gasteiger partial charge in [-0.25, -0.2) is 0 Å². The first kappa shape index (κ1) is 14.9. The maximum absolute atomic E-state index is 12.3. The summed E-state index contributed by atoms with van der Waals surface area (Å²) in [6, 6.07) is 1.84. The van der Waals surface area contributed by atoms with Crippen molar-refractivity contribution in [1.29, 1.82) is 0 Å². The molecule has 100 valence electrons. The molecule has 0 radical (unpaired) electrons. The number of halogens is 4. The van der Waals surface area contributed by atoms with Crippen molar-refractivity contribution in [3.63, 3.8) is 0 Å². The van der Waals surface area contributed by atoms with E-state index >= 15 is 0 Å². The number of nitrogens with one attached hydrogen (secondary N) is 1. The van der Waals surface area contributed by atoms with Gasteiger partial charge in [-0.2, -0.15) is 13.2 Å². The first-order valence-corrected chi connectivity index (χ1v) is 6.37. The molecule has 1 rings (SSSR count). The molecule has 0 fully saturated rings. The Labute approximate surface area is 111 Å². The van der Waals surface area contributed by atoms with Crippen LogP contribution >= 0.6 is 15.9 Å². The van der Waals surface area contributed by atoms with Crippen LogP contribution in [0.5, 0.6) is 0 Å². The fourth-order valence-corrected chi connectivity index (χ4v) is 1.92. The quantitative estimate of drug-likeness (QED) is 0.865. The van der Waals surface area contributed by atoms with Crippen molar-refractivity contribution < 1.29 is 18.0 Å². The molecule has 1 amide bonds. The molecule has 0 saturated heterocycles. The monoisotopic (exact) mass is 324 g/mol. The van der Waals surface area contributed by atoms with E-state index in [0.717, 1.165) is 23.9 Å². The molecule has 0 aliphatic heterocycles. The number of amides is 1. The van der Waals surface area contributed by atoms with Crippen molar-refractivity contribution >= 4 is 21.8 Å². The highest BCUT2D eigenvalue weighted by Gasteiger charge is 2.30. The topological polar surface area (TPSA) is 42.0 Å². The first-order chi connectivity index (χ1) is 8.34. The Bertz CT molecular complexity index is 406. The van der Waals surface area contributed by atoms with Crippen LogP contribution in [0.1, 0.15) is 29.4 Å². The number of nitrogens with zero attached hydrogens (tertiary/aromatic N) is 1. The molecule has 0 aromatic carbocycles. The van der Waals surface area contributed by atoms with Gasteiger partial charge in [0.2, 0.25) is 0 Å². The Morgan fingerprint density at radius 3 is 2.61 bits per heavy atom. The van der Waals surface area contributed by atoms with Gasteiger partial charge >= 0.3 is 6.18 Å². The standard InChI is InChI=1S/C11H12BrF3N2O/c1-7(4-5-12)17-10(18)9-3-2-8(6-16-9)11(13,14)15/h2-3,6-7H,4-5H2,1H3,(H,17,18). The smallest absolute Gasteiger partial charge is 0.348 e. The van der Waals surface area contributed by atoms with Gasteiger partial charge in [0.05, 0.1) is 5.56 Å². The molecule has 1 atom stereocenters. The number of pyridine rings is 1. The summed E-state index contributed by atoms with van der Waals surface area (Å²) in [4.78, 5) is 15.1. The second-order valence-corrected chi connectivity index (χ2v) is 4.58. The van der Waals surface area contributed by atoms with Crippen LogP contribution in [0.15, 0.2) is 18.3 Å². The van der Waals surface area contributed by atoms with Gasteiger partial charge in [0.25, 0.3) is 5.91 Å². The Morgan fingerprint density at radius 1 is 1.50 bits per heavy atom. The number of hydrogen-bond acceptors (Lipinski definition) is 2. The summed E-state index contributed by atoms with van der Waals surface area (Å²) in [6.45, 7) is 1.81. The van der Waals surface area contributed by atoms with Crippen molar-refractivity contribution in [2.75, 3.05) is 5.33 Å². The molecule has 1 aromatic rings. The van der Waals surface area contributed by atoms with Crippen LogP contribution in [0.4, 0.5) is 13.2 Å². The lowest BCUT2D eigenvalue weighted by Gasteiger charge is -2.12. The zero-order valence-electron chi connectivity index (χ0n) is 9.59. The second kappa shape index (κ2) is 6.17. The molecule has 18 heavy (non-hydrogen) atoms. The van der Waals surface area contributed by atoms with E-state index in [-0.39, 0.29) is 11.7 Å². The third-order valence-corrected chi connectivity index (χ3v) is 2.70. The van der Waals surface area contributed by atoms with Gasteiger partial charge in [-0.15, -0.1) is 0 Å². The lowest BCUT2D eigenvalue weighted by atomic mass is 10.2. The SMILES string of the molecule is CC(CCBr)NC(=O)c1ccc(C(F)(F)F)cn1. The highest BCUT2D eigenvalue weighted by atomic mass is 79.9. The van der Waals surface area contributed by atoms with Crippen molar-refractivity contribution in [1.82, 2.24) is 10.3 Å². The van der Waals surface area contributed by atoms with Gasteiger partial charge in [-0.05, 0) is 25.5 Å². The maximum Gasteiger partial charge on any atom is 0.417 e. The molecule has 7 heteroatoms. The van der Waals surface area contributed by atoms with E-state index in [9.17, 15) is 18.0 Å². The summed E-state index contributed by atoms with van der Waals surface area (Å²) in [7, 11) is 0. The van der Waals surface area contributed by atoms with E-state index in [2.05, 4.69) is 26.2 Å². The largest absolute Gasteiger partial charge is 0.417 e. The molecule has 1 unspecified atom stereocenters. The van der Waals surface area contributed by atoms with Gasteiger partial charge in [0.1, 0.15) is 5.69 Å². The summed E-state index contributed by atoms with van der Waals surface area (Å²) in [5.74, 6) is -0.475. The van der Waals surface area contributed by atoms with Crippen LogP contribution in [0, 0.1) is 0 Å². The maximum atomic E-state index is 12.3. The van der Waals surface area contributed by atoms with E-state index < -0.39 is 17.6 Å². The third kappa shape index (κ3) is 4.29. The Balaban J connectivity index is 2.71. The minimum atomic E-state index is -4.44. The fourth-order valence-electron chi connectivity index (χ4n) is 1.23. The van der Waals surface area contributed by atoms with E-state index in [0.29, 0.717) is 6.20 Å². The Kier molecular flexibility index (Phi) is 5.13. The summed E-state index contributed by atoms with van der Waals surface area (Å²) in [5, 5.41) is 3.37. The van der Waals surface area contributed by atoms with Crippen LogP contribution < -0.4 is 5.32 Å². The number of alkyl halides is 4. The molecule has 3 nitrogen and oxygen atoms in total. The van der Waals surface area contributed by atoms with E-state index in [1.807, 2.05) is 6.92 Å². The molecule has 0 saturated carbocycles. The molecule has 1 aromatic heterocycles. The van der Waals surface area contributed by atoms with Crippen molar-refractivity contribution in [3.8, 4) is 0 Å². The molecule has 0 aliphatic rings. The zero-order valence-corrected chi connectivity index (χ0v) is 11.2. The molecule has 0 bridgehead atoms. The van der Waals surface area contributed by atoms with Crippen LogP contribution in [-0.4, -0.2) is 22.3 Å². The van der Waals surface area contributed by atoms with Crippen LogP contribution in [-0.2, 0) is 6.18 Å². The van der Waals surface area contributed by atoms with Crippen LogP contribution in [0.3, 0.4) is 0 Å². The number of carbonyl (C=O) groups is 1. The first-order valence-electron chi connectivity index (χ1n) is 5.24. The molecular formula is C11H12BrF3N2O. The fraction of sp³-hybridized carbons (Fsp3) is 0.455. The Morgan fingerprint density at radius 2 is 2.17 bits per heavy atom. The van der Waals surface area contributed by atoms with E-state index in [1.54, 1.807) is 0 Å². The highest BCUT2D eigenvalue weighted by Crippen LogP contribution is 2.28. The van der Waals surface area contributed by atoms with Gasteiger partial charge < -0.3 is 5.32 Å². The number of carbonyl (C=O) groups excluding carboxylic acids is 1. The summed E-state index contributed by atoms with van der Waals surface area (Å²) in [6.07, 6.45) is -3.05. The van der Waals surface area contributed by atoms with Gasteiger partial charge in [0, 0.05) is 17.6 Å². The predicted molar refractivity (Wildman–Crippen MR) is 64.6 cm³/mol. The minimum Gasteiger partial charge on any atom is -0.348 e. The Hall–Kier alpha value is -1.11. The average molecular weight is 325 g/mol. The highest BCUT2D eigenvalue weighted by molar-refractivity contribution is 9.09. The van der Waals surface area contributed by atoms with E-state index in [1.165, 1.54) is 0 Å².